The van der Waals surface area contributed by atoms with Crippen LogP contribution in [0.2, 0.25) is 0 Å². The summed E-state index contributed by atoms with van der Waals surface area (Å²) < 4.78 is 5.62. The van der Waals surface area contributed by atoms with E-state index in [1.807, 2.05) is 37.4 Å². The Labute approximate surface area is 133 Å². The van der Waals surface area contributed by atoms with Crippen molar-refractivity contribution in [3.05, 3.63) is 30.3 Å². The maximum Gasteiger partial charge on any atom is 0.242 e. The van der Waals surface area contributed by atoms with E-state index in [0.717, 1.165) is 37.9 Å². The molecule has 1 saturated carbocycles. The second kappa shape index (κ2) is 8.25. The molecule has 1 aromatic carbocycles. The van der Waals surface area contributed by atoms with Crippen molar-refractivity contribution < 1.29 is 9.53 Å². The van der Waals surface area contributed by atoms with Crippen LogP contribution in [0.15, 0.2) is 30.3 Å². The van der Waals surface area contributed by atoms with Crippen molar-refractivity contribution in [2.45, 2.75) is 37.6 Å². The van der Waals surface area contributed by atoms with Crippen LogP contribution >= 0.6 is 12.4 Å². The Morgan fingerprint density at radius 3 is 2.52 bits per heavy atom. The lowest BCUT2D eigenvalue weighted by Gasteiger charge is -2.28. The van der Waals surface area contributed by atoms with E-state index >= 15 is 0 Å². The summed E-state index contributed by atoms with van der Waals surface area (Å²) in [5.41, 5.74) is 5.56. The number of nitrogens with zero attached hydrogens (tertiary/aromatic N) is 1. The molecular formula is C16H25ClN2O2. The Morgan fingerprint density at radius 1 is 1.29 bits per heavy atom. The van der Waals surface area contributed by atoms with Crippen molar-refractivity contribution in [1.29, 1.82) is 0 Å². The molecule has 4 nitrogen and oxygen atoms in total. The molecule has 2 N–H and O–H groups in total. The predicted octanol–water partition coefficient (Wildman–Crippen LogP) is 2.61. The Balaban J connectivity index is 0.00000220. The van der Waals surface area contributed by atoms with E-state index in [1.54, 1.807) is 4.90 Å². The second-order valence-corrected chi connectivity index (χ2v) is 5.61. The number of halogens is 1. The van der Waals surface area contributed by atoms with E-state index < -0.39 is 5.54 Å². The van der Waals surface area contributed by atoms with E-state index in [2.05, 4.69) is 0 Å². The molecule has 118 valence electrons. The summed E-state index contributed by atoms with van der Waals surface area (Å²) in [4.78, 5) is 14.0. The van der Waals surface area contributed by atoms with Gasteiger partial charge in [-0.3, -0.25) is 4.79 Å². The van der Waals surface area contributed by atoms with Crippen molar-refractivity contribution in [2.24, 2.45) is 5.73 Å². The van der Waals surface area contributed by atoms with Crippen LogP contribution in [0.4, 0.5) is 0 Å². The highest BCUT2D eigenvalue weighted by molar-refractivity contribution is 5.86. The van der Waals surface area contributed by atoms with Crippen molar-refractivity contribution >= 4 is 18.3 Å². The SMILES string of the molecule is CN(CCCOc1ccccc1)C(=O)C1(N)CCCC1.Cl. The summed E-state index contributed by atoms with van der Waals surface area (Å²) in [5, 5.41) is 0. The van der Waals surface area contributed by atoms with Crippen LogP contribution in [0.5, 0.6) is 5.75 Å². The minimum atomic E-state index is -0.616. The normalized spacial score (nSPS) is 16.1. The molecule has 0 radical (unpaired) electrons. The molecule has 21 heavy (non-hydrogen) atoms. The standard InChI is InChI=1S/C16H24N2O2.ClH/c1-18(15(19)16(17)10-5-6-11-16)12-7-13-20-14-8-3-2-4-9-14;/h2-4,8-9H,5-7,10-13,17H2,1H3;1H. The first-order chi connectivity index (χ1) is 9.62. The molecule has 1 aliphatic rings. The third-order valence-corrected chi connectivity index (χ3v) is 3.92. The number of nitrogens with two attached hydrogens (primary N) is 1. The van der Waals surface area contributed by atoms with Gasteiger partial charge in [0.25, 0.3) is 0 Å². The summed E-state index contributed by atoms with van der Waals surface area (Å²) in [6.45, 7) is 1.30. The first-order valence-electron chi connectivity index (χ1n) is 7.34. The summed E-state index contributed by atoms with van der Waals surface area (Å²) in [7, 11) is 1.83. The molecule has 5 heteroatoms. The minimum absolute atomic E-state index is 0. The van der Waals surface area contributed by atoms with E-state index in [0.29, 0.717) is 13.2 Å². The molecule has 1 aromatic rings. The summed E-state index contributed by atoms with van der Waals surface area (Å²) in [6.07, 6.45) is 4.57. The molecule has 1 fully saturated rings. The lowest BCUT2D eigenvalue weighted by molar-refractivity contribution is -0.135. The highest BCUT2D eigenvalue weighted by Crippen LogP contribution is 2.28. The molecule has 1 amide bonds. The van der Waals surface area contributed by atoms with Crippen LogP contribution in [0.1, 0.15) is 32.1 Å². The third kappa shape index (κ3) is 4.90. The van der Waals surface area contributed by atoms with Gasteiger partial charge in [-0.25, -0.2) is 0 Å². The van der Waals surface area contributed by atoms with Gasteiger partial charge < -0.3 is 15.4 Å². The Bertz CT molecular complexity index is 433. The molecule has 0 bridgehead atoms. The van der Waals surface area contributed by atoms with E-state index in [-0.39, 0.29) is 18.3 Å². The first kappa shape index (κ1) is 17.8. The van der Waals surface area contributed by atoms with Crippen molar-refractivity contribution in [3.63, 3.8) is 0 Å². The van der Waals surface area contributed by atoms with Gasteiger partial charge in [-0.05, 0) is 31.4 Å². The average molecular weight is 313 g/mol. The van der Waals surface area contributed by atoms with E-state index in [9.17, 15) is 4.79 Å². The van der Waals surface area contributed by atoms with Crippen LogP contribution in [0.3, 0.4) is 0 Å². The van der Waals surface area contributed by atoms with E-state index in [1.165, 1.54) is 0 Å². The van der Waals surface area contributed by atoms with Crippen LogP contribution < -0.4 is 10.5 Å². The fraction of sp³-hybridized carbons (Fsp3) is 0.562. The van der Waals surface area contributed by atoms with Crippen LogP contribution in [-0.2, 0) is 4.79 Å². The van der Waals surface area contributed by atoms with Crippen LogP contribution in [-0.4, -0.2) is 36.5 Å². The molecule has 0 spiro atoms. The second-order valence-electron chi connectivity index (χ2n) is 5.61. The van der Waals surface area contributed by atoms with Gasteiger partial charge >= 0.3 is 0 Å². The van der Waals surface area contributed by atoms with E-state index in [4.69, 9.17) is 10.5 Å². The number of rotatable bonds is 6. The van der Waals surface area contributed by atoms with Crippen molar-refractivity contribution in [2.75, 3.05) is 20.2 Å². The molecule has 0 heterocycles. The van der Waals surface area contributed by atoms with Crippen LogP contribution in [0, 0.1) is 0 Å². The van der Waals surface area contributed by atoms with Crippen molar-refractivity contribution in [3.8, 4) is 5.75 Å². The number of carbonyl (C=O) groups is 1. The highest BCUT2D eigenvalue weighted by atomic mass is 35.5. The molecule has 0 unspecified atom stereocenters. The van der Waals surface area contributed by atoms with Gasteiger partial charge in [0.1, 0.15) is 5.75 Å². The number of amides is 1. The molecule has 0 atom stereocenters. The summed E-state index contributed by atoms with van der Waals surface area (Å²) in [5.74, 6) is 0.947. The monoisotopic (exact) mass is 312 g/mol. The molecule has 0 aliphatic heterocycles. The third-order valence-electron chi connectivity index (χ3n) is 3.92. The smallest absolute Gasteiger partial charge is 0.242 e. The molecular weight excluding hydrogens is 288 g/mol. The Kier molecular flexibility index (Phi) is 6.99. The van der Waals surface area contributed by atoms with Gasteiger partial charge in [0.2, 0.25) is 5.91 Å². The highest BCUT2D eigenvalue weighted by Gasteiger charge is 2.38. The zero-order chi connectivity index (χ0) is 14.4. The van der Waals surface area contributed by atoms with Gasteiger partial charge in [-0.1, -0.05) is 31.0 Å². The Morgan fingerprint density at radius 2 is 1.90 bits per heavy atom. The number of hydrogen-bond donors (Lipinski definition) is 1. The summed E-state index contributed by atoms with van der Waals surface area (Å²) in [6, 6.07) is 9.72. The van der Waals surface area contributed by atoms with Gasteiger partial charge in [0.05, 0.1) is 12.1 Å². The van der Waals surface area contributed by atoms with Gasteiger partial charge in [-0.15, -0.1) is 12.4 Å². The van der Waals surface area contributed by atoms with Gasteiger partial charge in [0.15, 0.2) is 0 Å². The number of carbonyl (C=O) groups excluding carboxylic acids is 1. The molecule has 0 aromatic heterocycles. The maximum atomic E-state index is 12.3. The Hall–Kier alpha value is -1.26. The van der Waals surface area contributed by atoms with Gasteiger partial charge in [-0.2, -0.15) is 0 Å². The fourth-order valence-electron chi connectivity index (χ4n) is 2.71. The lowest BCUT2D eigenvalue weighted by atomic mass is 9.97. The lowest BCUT2D eigenvalue weighted by Crippen LogP contribution is -2.52. The molecule has 0 saturated heterocycles. The fourth-order valence-corrected chi connectivity index (χ4v) is 2.71. The average Bonchev–Trinajstić information content (AvgIpc) is 2.92. The number of likely N-dealkylation sites (N-methyl/N-ethyl adjacent to an activating group) is 1. The number of ether oxygens (including phenoxy) is 1. The largest absolute Gasteiger partial charge is 0.494 e. The topological polar surface area (TPSA) is 55.6 Å². The first-order valence-corrected chi connectivity index (χ1v) is 7.34. The molecule has 1 aliphatic carbocycles. The maximum absolute atomic E-state index is 12.3. The molecule has 2 rings (SSSR count). The zero-order valence-electron chi connectivity index (χ0n) is 12.6. The minimum Gasteiger partial charge on any atom is -0.494 e. The zero-order valence-corrected chi connectivity index (χ0v) is 13.4. The summed E-state index contributed by atoms with van der Waals surface area (Å²) >= 11 is 0. The number of para-hydroxylation sites is 1. The number of benzene rings is 1. The quantitative estimate of drug-likeness (QED) is 0.822. The van der Waals surface area contributed by atoms with Crippen molar-refractivity contribution in [1.82, 2.24) is 4.90 Å². The predicted molar refractivity (Wildman–Crippen MR) is 86.8 cm³/mol. The van der Waals surface area contributed by atoms with Gasteiger partial charge in [0, 0.05) is 13.6 Å². The number of hydrogen-bond acceptors (Lipinski definition) is 3. The van der Waals surface area contributed by atoms with Crippen LogP contribution in [0.25, 0.3) is 0 Å².